The molecule has 0 saturated carbocycles. The van der Waals surface area contributed by atoms with Crippen LogP contribution in [-0.4, -0.2) is 19.4 Å². The van der Waals surface area contributed by atoms with Crippen LogP contribution in [0.3, 0.4) is 0 Å². The summed E-state index contributed by atoms with van der Waals surface area (Å²) >= 11 is 0. The zero-order valence-corrected chi connectivity index (χ0v) is 7.18. The highest BCUT2D eigenvalue weighted by Gasteiger charge is 2.20. The van der Waals surface area contributed by atoms with Crippen LogP contribution in [0.15, 0.2) is 0 Å². The Bertz CT molecular complexity index is 117. The highest BCUT2D eigenvalue weighted by Crippen LogP contribution is 2.18. The van der Waals surface area contributed by atoms with Crippen LogP contribution in [0.25, 0.3) is 0 Å². The van der Waals surface area contributed by atoms with E-state index in [1.54, 1.807) is 0 Å². The Morgan fingerprint density at radius 2 is 2.00 bits per heavy atom. The smallest absolute Gasteiger partial charge is 0.127 e. The van der Waals surface area contributed by atoms with Gasteiger partial charge in [-0.2, -0.15) is 0 Å². The molecule has 66 valence electrons. The van der Waals surface area contributed by atoms with Crippen LogP contribution in [0, 0.1) is 5.41 Å². The van der Waals surface area contributed by atoms with Crippen LogP contribution >= 0.6 is 0 Å². The molecule has 0 heterocycles. The van der Waals surface area contributed by atoms with Gasteiger partial charge >= 0.3 is 0 Å². The summed E-state index contributed by atoms with van der Waals surface area (Å²) in [5.74, 6) is 0. The van der Waals surface area contributed by atoms with E-state index in [-0.39, 0.29) is 5.41 Å². The van der Waals surface area contributed by atoms with E-state index in [1.807, 2.05) is 6.92 Å². The SMILES string of the molecule is CC(C=O)(CN)CCCCN. The maximum absolute atomic E-state index is 10.5. The number of rotatable bonds is 6. The minimum Gasteiger partial charge on any atom is -0.330 e. The highest BCUT2D eigenvalue weighted by molar-refractivity contribution is 5.58. The van der Waals surface area contributed by atoms with Crippen LogP contribution in [0.4, 0.5) is 0 Å². The second kappa shape index (κ2) is 5.27. The van der Waals surface area contributed by atoms with Crippen LogP contribution in [0.1, 0.15) is 26.2 Å². The first kappa shape index (κ1) is 10.6. The molecule has 4 N–H and O–H groups in total. The Balaban J connectivity index is 3.60. The van der Waals surface area contributed by atoms with E-state index >= 15 is 0 Å². The fourth-order valence-electron chi connectivity index (χ4n) is 0.882. The second-order valence-corrected chi connectivity index (χ2v) is 3.22. The molecule has 0 aromatic rings. The van der Waals surface area contributed by atoms with Crippen molar-refractivity contribution in [2.24, 2.45) is 16.9 Å². The number of carbonyl (C=O) groups excluding carboxylic acids is 1. The topological polar surface area (TPSA) is 69.1 Å². The Kier molecular flexibility index (Phi) is 5.07. The Labute approximate surface area is 68.1 Å². The van der Waals surface area contributed by atoms with E-state index in [2.05, 4.69) is 0 Å². The predicted molar refractivity (Wildman–Crippen MR) is 46.1 cm³/mol. The van der Waals surface area contributed by atoms with E-state index in [0.29, 0.717) is 13.1 Å². The minimum absolute atomic E-state index is 0.324. The van der Waals surface area contributed by atoms with Crippen LogP contribution in [0.5, 0.6) is 0 Å². The van der Waals surface area contributed by atoms with Gasteiger partial charge in [0, 0.05) is 12.0 Å². The summed E-state index contributed by atoms with van der Waals surface area (Å²) in [6, 6.07) is 0. The van der Waals surface area contributed by atoms with Gasteiger partial charge in [-0.05, 0) is 19.4 Å². The zero-order chi connectivity index (χ0) is 8.74. The van der Waals surface area contributed by atoms with Crippen molar-refractivity contribution in [3.63, 3.8) is 0 Å². The molecule has 0 fully saturated rings. The van der Waals surface area contributed by atoms with Gasteiger partial charge in [-0.3, -0.25) is 0 Å². The monoisotopic (exact) mass is 158 g/mol. The summed E-state index contributed by atoms with van der Waals surface area (Å²) in [5, 5.41) is 0. The van der Waals surface area contributed by atoms with Crippen molar-refractivity contribution in [1.82, 2.24) is 0 Å². The van der Waals surface area contributed by atoms with Crippen LogP contribution in [0.2, 0.25) is 0 Å². The third-order valence-corrected chi connectivity index (χ3v) is 1.95. The van der Waals surface area contributed by atoms with Crippen molar-refractivity contribution < 1.29 is 4.79 Å². The molecular weight excluding hydrogens is 140 g/mol. The molecule has 0 aromatic heterocycles. The van der Waals surface area contributed by atoms with Crippen molar-refractivity contribution in [1.29, 1.82) is 0 Å². The molecule has 3 heteroatoms. The van der Waals surface area contributed by atoms with Crippen molar-refractivity contribution >= 4 is 6.29 Å². The first-order valence-corrected chi connectivity index (χ1v) is 4.05. The molecule has 0 aliphatic heterocycles. The summed E-state index contributed by atoms with van der Waals surface area (Å²) in [5.41, 5.74) is 10.4. The fraction of sp³-hybridized carbons (Fsp3) is 0.875. The van der Waals surface area contributed by atoms with E-state index in [0.717, 1.165) is 25.5 Å². The number of hydrogen-bond acceptors (Lipinski definition) is 3. The van der Waals surface area contributed by atoms with Gasteiger partial charge in [0.15, 0.2) is 0 Å². The van der Waals surface area contributed by atoms with Crippen LogP contribution in [-0.2, 0) is 4.79 Å². The standard InChI is InChI=1S/C8H18N2O/c1-8(6-10,7-11)4-2-3-5-9/h7H,2-6,9-10H2,1H3. The average Bonchev–Trinajstić information content (AvgIpc) is 2.05. The van der Waals surface area contributed by atoms with Gasteiger partial charge in [0.2, 0.25) is 0 Å². The first-order valence-electron chi connectivity index (χ1n) is 4.05. The Hall–Kier alpha value is -0.410. The molecule has 0 saturated heterocycles. The largest absolute Gasteiger partial charge is 0.330 e. The Morgan fingerprint density at radius 1 is 1.36 bits per heavy atom. The molecule has 0 spiro atoms. The second-order valence-electron chi connectivity index (χ2n) is 3.22. The molecule has 0 radical (unpaired) electrons. The number of aldehydes is 1. The van der Waals surface area contributed by atoms with Gasteiger partial charge in [-0.15, -0.1) is 0 Å². The zero-order valence-electron chi connectivity index (χ0n) is 7.18. The molecule has 1 atom stereocenters. The summed E-state index contributed by atoms with van der Waals surface area (Å²) in [7, 11) is 0. The highest BCUT2D eigenvalue weighted by atomic mass is 16.1. The van der Waals surface area contributed by atoms with Crippen molar-refractivity contribution in [3.8, 4) is 0 Å². The minimum atomic E-state index is -0.324. The summed E-state index contributed by atoms with van der Waals surface area (Å²) < 4.78 is 0. The molecule has 0 rings (SSSR count). The quantitative estimate of drug-likeness (QED) is 0.431. The van der Waals surface area contributed by atoms with Gasteiger partial charge < -0.3 is 16.3 Å². The number of nitrogens with two attached hydrogens (primary N) is 2. The number of hydrogen-bond donors (Lipinski definition) is 2. The lowest BCUT2D eigenvalue weighted by Gasteiger charge is -2.19. The summed E-state index contributed by atoms with van der Waals surface area (Å²) in [6.45, 7) is 3.01. The van der Waals surface area contributed by atoms with Crippen molar-refractivity contribution in [2.75, 3.05) is 13.1 Å². The molecule has 0 amide bonds. The first-order chi connectivity index (χ1) is 5.18. The van der Waals surface area contributed by atoms with E-state index in [1.165, 1.54) is 0 Å². The number of carbonyl (C=O) groups is 1. The van der Waals surface area contributed by atoms with E-state index < -0.39 is 0 Å². The Morgan fingerprint density at radius 3 is 2.36 bits per heavy atom. The molecule has 0 bridgehead atoms. The van der Waals surface area contributed by atoms with Crippen molar-refractivity contribution in [2.45, 2.75) is 26.2 Å². The van der Waals surface area contributed by atoms with Gasteiger partial charge in [-0.1, -0.05) is 13.3 Å². The molecule has 11 heavy (non-hydrogen) atoms. The van der Waals surface area contributed by atoms with Gasteiger partial charge in [0.25, 0.3) is 0 Å². The van der Waals surface area contributed by atoms with Gasteiger partial charge in [0.05, 0.1) is 0 Å². The van der Waals surface area contributed by atoms with Gasteiger partial charge in [-0.25, -0.2) is 0 Å². The van der Waals surface area contributed by atoms with Crippen LogP contribution < -0.4 is 11.5 Å². The lowest BCUT2D eigenvalue weighted by atomic mass is 9.87. The fourth-order valence-corrected chi connectivity index (χ4v) is 0.882. The van der Waals surface area contributed by atoms with Crippen molar-refractivity contribution in [3.05, 3.63) is 0 Å². The average molecular weight is 158 g/mol. The third kappa shape index (κ3) is 4.11. The molecule has 0 aromatic carbocycles. The number of unbranched alkanes of at least 4 members (excludes halogenated alkanes) is 1. The lowest BCUT2D eigenvalue weighted by molar-refractivity contribution is -0.115. The maximum Gasteiger partial charge on any atom is 0.127 e. The lowest BCUT2D eigenvalue weighted by Crippen LogP contribution is -2.28. The van der Waals surface area contributed by atoms with Gasteiger partial charge in [0.1, 0.15) is 6.29 Å². The van der Waals surface area contributed by atoms with E-state index in [9.17, 15) is 4.79 Å². The third-order valence-electron chi connectivity index (χ3n) is 1.95. The molecule has 0 aliphatic carbocycles. The summed E-state index contributed by atoms with van der Waals surface area (Å²) in [6.07, 6.45) is 3.76. The molecule has 3 nitrogen and oxygen atoms in total. The van der Waals surface area contributed by atoms with E-state index in [4.69, 9.17) is 11.5 Å². The maximum atomic E-state index is 10.5. The summed E-state index contributed by atoms with van der Waals surface area (Å²) in [4.78, 5) is 10.5. The molecular formula is C8H18N2O. The molecule has 0 aliphatic rings. The molecule has 1 unspecified atom stereocenters. The normalized spacial score (nSPS) is 15.9. The predicted octanol–water partition coefficient (Wildman–Crippen LogP) is 0.279.